The number of hydrogen-bond donors (Lipinski definition) is 0. The molecule has 86 valence electrons. The molecule has 0 N–H and O–H groups in total. The van der Waals surface area contributed by atoms with Crippen molar-refractivity contribution < 1.29 is 4.79 Å². The Morgan fingerprint density at radius 1 is 1.56 bits per heavy atom. The number of likely N-dealkylation sites (tertiary alicyclic amines) is 1. The van der Waals surface area contributed by atoms with Crippen LogP contribution in [0.3, 0.4) is 0 Å². The highest BCUT2D eigenvalue weighted by Crippen LogP contribution is 2.20. The molecule has 2 rings (SSSR count). The molecular formula is C11H14ClN3O. The smallest absolute Gasteiger partial charge is 0.274 e. The van der Waals surface area contributed by atoms with E-state index in [9.17, 15) is 4.79 Å². The first-order valence-corrected chi connectivity index (χ1v) is 5.87. The summed E-state index contributed by atoms with van der Waals surface area (Å²) in [4.78, 5) is 13.8. The Hall–Kier alpha value is -1.16. The molecular weight excluding hydrogens is 226 g/mol. The predicted octanol–water partition coefficient (Wildman–Crippen LogP) is 2.00. The van der Waals surface area contributed by atoms with Gasteiger partial charge in [-0.3, -0.25) is 4.79 Å². The normalized spacial score (nSPS) is 20.1. The number of aromatic nitrogens is 2. The highest BCUT2D eigenvalue weighted by atomic mass is 35.5. The number of hydrogen-bond acceptors (Lipinski definition) is 3. The van der Waals surface area contributed by atoms with Crippen molar-refractivity contribution in [2.45, 2.75) is 19.8 Å². The molecule has 1 aromatic heterocycles. The van der Waals surface area contributed by atoms with E-state index in [0.29, 0.717) is 16.8 Å². The SMILES string of the molecule is CCC1CCN(C(=O)c2ccc(Cl)nn2)C1. The van der Waals surface area contributed by atoms with Gasteiger partial charge in [0.2, 0.25) is 0 Å². The van der Waals surface area contributed by atoms with E-state index < -0.39 is 0 Å². The predicted molar refractivity (Wildman–Crippen MR) is 61.3 cm³/mol. The molecule has 1 aliphatic heterocycles. The molecule has 5 heteroatoms. The highest BCUT2D eigenvalue weighted by Gasteiger charge is 2.26. The summed E-state index contributed by atoms with van der Waals surface area (Å²) in [5.74, 6) is 0.587. The number of amides is 1. The van der Waals surface area contributed by atoms with Crippen LogP contribution in [0.25, 0.3) is 0 Å². The molecule has 2 heterocycles. The van der Waals surface area contributed by atoms with E-state index in [4.69, 9.17) is 11.6 Å². The van der Waals surface area contributed by atoms with Crippen molar-refractivity contribution in [1.82, 2.24) is 15.1 Å². The van der Waals surface area contributed by atoms with Crippen LogP contribution < -0.4 is 0 Å². The molecule has 1 fully saturated rings. The summed E-state index contributed by atoms with van der Waals surface area (Å²) in [7, 11) is 0. The van der Waals surface area contributed by atoms with Crippen molar-refractivity contribution in [2.75, 3.05) is 13.1 Å². The van der Waals surface area contributed by atoms with Gasteiger partial charge in [-0.1, -0.05) is 24.9 Å². The van der Waals surface area contributed by atoms with Crippen LogP contribution in [0.4, 0.5) is 0 Å². The van der Waals surface area contributed by atoms with Crippen molar-refractivity contribution in [3.63, 3.8) is 0 Å². The van der Waals surface area contributed by atoms with E-state index >= 15 is 0 Å². The van der Waals surface area contributed by atoms with Gasteiger partial charge < -0.3 is 4.90 Å². The van der Waals surface area contributed by atoms with E-state index in [0.717, 1.165) is 25.9 Å². The van der Waals surface area contributed by atoms with Crippen molar-refractivity contribution in [2.24, 2.45) is 5.92 Å². The maximum Gasteiger partial charge on any atom is 0.274 e. The van der Waals surface area contributed by atoms with Crippen LogP contribution in [0.5, 0.6) is 0 Å². The van der Waals surface area contributed by atoms with Crippen molar-refractivity contribution in [3.05, 3.63) is 23.0 Å². The maximum atomic E-state index is 12.0. The topological polar surface area (TPSA) is 46.1 Å². The van der Waals surface area contributed by atoms with Crippen LogP contribution in [0.1, 0.15) is 30.3 Å². The van der Waals surface area contributed by atoms with Gasteiger partial charge in [0.05, 0.1) is 0 Å². The molecule has 1 saturated heterocycles. The molecule has 4 nitrogen and oxygen atoms in total. The van der Waals surface area contributed by atoms with Gasteiger partial charge in [0, 0.05) is 13.1 Å². The summed E-state index contributed by atoms with van der Waals surface area (Å²) in [6.45, 7) is 3.81. The van der Waals surface area contributed by atoms with Gasteiger partial charge in [-0.05, 0) is 24.5 Å². The lowest BCUT2D eigenvalue weighted by Crippen LogP contribution is -2.29. The third-order valence-corrected chi connectivity index (χ3v) is 3.20. The number of carbonyl (C=O) groups excluding carboxylic acids is 1. The zero-order valence-corrected chi connectivity index (χ0v) is 9.94. The van der Waals surface area contributed by atoms with Crippen molar-refractivity contribution in [3.8, 4) is 0 Å². The number of nitrogens with zero attached hydrogens (tertiary/aromatic N) is 3. The molecule has 0 spiro atoms. The monoisotopic (exact) mass is 239 g/mol. The minimum Gasteiger partial charge on any atom is -0.337 e. The third kappa shape index (κ3) is 2.32. The Labute approximate surface area is 99.6 Å². The van der Waals surface area contributed by atoms with E-state index in [-0.39, 0.29) is 5.91 Å². The van der Waals surface area contributed by atoms with Gasteiger partial charge in [-0.2, -0.15) is 0 Å². The average Bonchev–Trinajstić information content (AvgIpc) is 2.77. The van der Waals surface area contributed by atoms with Crippen LogP contribution in [-0.2, 0) is 0 Å². The minimum atomic E-state index is -0.0416. The van der Waals surface area contributed by atoms with Crippen LogP contribution in [0.2, 0.25) is 5.15 Å². The van der Waals surface area contributed by atoms with Crippen molar-refractivity contribution >= 4 is 17.5 Å². The molecule has 0 aliphatic carbocycles. The fraction of sp³-hybridized carbons (Fsp3) is 0.545. The summed E-state index contributed by atoms with van der Waals surface area (Å²) >= 11 is 5.62. The Morgan fingerprint density at radius 2 is 2.38 bits per heavy atom. The molecule has 16 heavy (non-hydrogen) atoms. The first-order chi connectivity index (χ1) is 7.70. The number of carbonyl (C=O) groups is 1. The molecule has 1 amide bonds. The van der Waals surface area contributed by atoms with Crippen LogP contribution in [0, 0.1) is 5.92 Å². The fourth-order valence-electron chi connectivity index (χ4n) is 1.94. The van der Waals surface area contributed by atoms with Crippen molar-refractivity contribution in [1.29, 1.82) is 0 Å². The molecule has 1 atom stereocenters. The summed E-state index contributed by atoms with van der Waals surface area (Å²) in [5.41, 5.74) is 0.376. The van der Waals surface area contributed by atoms with E-state index in [1.165, 1.54) is 0 Å². The summed E-state index contributed by atoms with van der Waals surface area (Å²) < 4.78 is 0. The highest BCUT2D eigenvalue weighted by molar-refractivity contribution is 6.29. The van der Waals surface area contributed by atoms with Crippen LogP contribution >= 0.6 is 11.6 Å². The second-order valence-electron chi connectivity index (χ2n) is 4.06. The summed E-state index contributed by atoms with van der Waals surface area (Å²) in [5, 5.41) is 7.79. The van der Waals surface area contributed by atoms with Gasteiger partial charge in [0.1, 0.15) is 0 Å². The van der Waals surface area contributed by atoms with E-state index in [1.807, 2.05) is 4.90 Å². The lowest BCUT2D eigenvalue weighted by Gasteiger charge is -2.15. The minimum absolute atomic E-state index is 0.0416. The Balaban J connectivity index is 2.05. The van der Waals surface area contributed by atoms with Crippen LogP contribution in [-0.4, -0.2) is 34.1 Å². The van der Waals surface area contributed by atoms with Gasteiger partial charge >= 0.3 is 0 Å². The second kappa shape index (κ2) is 4.78. The number of halogens is 1. The molecule has 0 radical (unpaired) electrons. The molecule has 0 saturated carbocycles. The third-order valence-electron chi connectivity index (χ3n) is 3.00. The number of rotatable bonds is 2. The lowest BCUT2D eigenvalue weighted by molar-refractivity contribution is 0.0780. The first-order valence-electron chi connectivity index (χ1n) is 5.49. The second-order valence-corrected chi connectivity index (χ2v) is 4.44. The van der Waals surface area contributed by atoms with E-state index in [1.54, 1.807) is 12.1 Å². The first kappa shape index (κ1) is 11.3. The Morgan fingerprint density at radius 3 is 2.94 bits per heavy atom. The average molecular weight is 240 g/mol. The molecule has 1 unspecified atom stereocenters. The van der Waals surface area contributed by atoms with Gasteiger partial charge in [0.25, 0.3) is 5.91 Å². The molecule has 0 aromatic carbocycles. The molecule has 1 aromatic rings. The molecule has 0 bridgehead atoms. The quantitative estimate of drug-likeness (QED) is 0.793. The summed E-state index contributed by atoms with van der Waals surface area (Å²) in [6, 6.07) is 3.21. The Bertz CT molecular complexity index is 379. The Kier molecular flexibility index (Phi) is 3.39. The fourth-order valence-corrected chi connectivity index (χ4v) is 2.04. The van der Waals surface area contributed by atoms with Crippen LogP contribution in [0.15, 0.2) is 12.1 Å². The van der Waals surface area contributed by atoms with Gasteiger partial charge in [-0.15, -0.1) is 10.2 Å². The summed E-state index contributed by atoms with van der Waals surface area (Å²) in [6.07, 6.45) is 2.21. The zero-order chi connectivity index (χ0) is 11.5. The van der Waals surface area contributed by atoms with Gasteiger partial charge in [0.15, 0.2) is 10.8 Å². The zero-order valence-electron chi connectivity index (χ0n) is 9.19. The largest absolute Gasteiger partial charge is 0.337 e. The standard InChI is InChI=1S/C11H14ClN3O/c1-2-8-5-6-15(7-8)11(16)9-3-4-10(12)14-13-9/h3-4,8H,2,5-7H2,1H3. The van der Waals surface area contributed by atoms with Gasteiger partial charge in [-0.25, -0.2) is 0 Å². The van der Waals surface area contributed by atoms with E-state index in [2.05, 4.69) is 17.1 Å². The maximum absolute atomic E-state index is 12.0. The lowest BCUT2D eigenvalue weighted by atomic mass is 10.1. The molecule has 1 aliphatic rings.